The molecule has 0 bridgehead atoms. The molecule has 0 unspecified atom stereocenters. The second kappa shape index (κ2) is 5.99. The zero-order chi connectivity index (χ0) is 16.4. The van der Waals surface area contributed by atoms with E-state index in [0.717, 1.165) is 22.6 Å². The van der Waals surface area contributed by atoms with Crippen molar-refractivity contribution in [2.24, 2.45) is 7.05 Å². The number of nitrogens with zero attached hydrogens (tertiary/aromatic N) is 6. The van der Waals surface area contributed by atoms with E-state index in [9.17, 15) is 4.79 Å². The summed E-state index contributed by atoms with van der Waals surface area (Å²) in [6.07, 6.45) is 1.50. The fourth-order valence-electron chi connectivity index (χ4n) is 2.39. The average molecular weight is 311 g/mol. The summed E-state index contributed by atoms with van der Waals surface area (Å²) in [4.78, 5) is 12.3. The molecule has 0 saturated carbocycles. The van der Waals surface area contributed by atoms with Gasteiger partial charge in [-0.3, -0.25) is 9.48 Å². The Balaban J connectivity index is 1.69. The van der Waals surface area contributed by atoms with Gasteiger partial charge in [0.05, 0.1) is 11.4 Å². The van der Waals surface area contributed by atoms with Gasteiger partial charge in [-0.15, -0.1) is 5.10 Å². The summed E-state index contributed by atoms with van der Waals surface area (Å²) in [5.41, 5.74) is 4.41. The molecule has 1 aromatic carbocycles. The van der Waals surface area contributed by atoms with Crippen molar-refractivity contribution in [3.63, 3.8) is 0 Å². The zero-order valence-electron chi connectivity index (χ0n) is 13.2. The Hall–Kier alpha value is -3.03. The van der Waals surface area contributed by atoms with Crippen LogP contribution in [-0.2, 0) is 13.6 Å². The van der Waals surface area contributed by atoms with E-state index in [1.807, 2.05) is 25.6 Å². The number of hydrogen-bond donors (Lipinski definition) is 1. The van der Waals surface area contributed by atoms with Gasteiger partial charge in [0.15, 0.2) is 0 Å². The normalized spacial score (nSPS) is 10.7. The molecule has 8 heteroatoms. The standard InChI is InChI=1S/C15H17N7O/c1-10-14(11(2)21(3)18-10)8-16-15(23)12-4-6-13(7-5-12)22-9-17-19-20-22/h4-7,9H,8H2,1-3H3,(H,16,23). The molecule has 118 valence electrons. The lowest BCUT2D eigenvalue weighted by atomic mass is 10.1. The summed E-state index contributed by atoms with van der Waals surface area (Å²) < 4.78 is 3.35. The van der Waals surface area contributed by atoms with Gasteiger partial charge < -0.3 is 5.32 Å². The first-order valence-electron chi connectivity index (χ1n) is 7.17. The van der Waals surface area contributed by atoms with Gasteiger partial charge >= 0.3 is 0 Å². The Bertz CT molecular complexity index is 818. The Morgan fingerprint density at radius 3 is 2.52 bits per heavy atom. The van der Waals surface area contributed by atoms with Gasteiger partial charge in [0.25, 0.3) is 5.91 Å². The first-order valence-corrected chi connectivity index (χ1v) is 7.17. The number of aromatic nitrogens is 6. The summed E-state index contributed by atoms with van der Waals surface area (Å²) in [5, 5.41) is 18.2. The second-order valence-corrected chi connectivity index (χ2v) is 5.26. The Kier molecular flexibility index (Phi) is 3.88. The quantitative estimate of drug-likeness (QED) is 0.774. The predicted octanol–water partition coefficient (Wildman–Crippen LogP) is 0.943. The van der Waals surface area contributed by atoms with Crippen molar-refractivity contribution in [1.82, 2.24) is 35.3 Å². The van der Waals surface area contributed by atoms with Gasteiger partial charge in [-0.2, -0.15) is 5.10 Å². The third-order valence-corrected chi connectivity index (χ3v) is 3.83. The van der Waals surface area contributed by atoms with Gasteiger partial charge in [-0.05, 0) is 48.5 Å². The highest BCUT2D eigenvalue weighted by Crippen LogP contribution is 2.12. The van der Waals surface area contributed by atoms with Gasteiger partial charge in [0.1, 0.15) is 6.33 Å². The van der Waals surface area contributed by atoms with Crippen molar-refractivity contribution in [3.8, 4) is 5.69 Å². The van der Waals surface area contributed by atoms with Crippen LogP contribution in [0.5, 0.6) is 0 Å². The molecule has 0 aliphatic heterocycles. The van der Waals surface area contributed by atoms with E-state index in [2.05, 4.69) is 25.9 Å². The Morgan fingerprint density at radius 2 is 1.96 bits per heavy atom. The molecular weight excluding hydrogens is 294 g/mol. The maximum Gasteiger partial charge on any atom is 0.251 e. The van der Waals surface area contributed by atoms with E-state index in [0.29, 0.717) is 12.1 Å². The largest absolute Gasteiger partial charge is 0.348 e. The zero-order valence-corrected chi connectivity index (χ0v) is 13.2. The molecule has 3 rings (SSSR count). The van der Waals surface area contributed by atoms with Crippen LogP contribution in [0.3, 0.4) is 0 Å². The van der Waals surface area contributed by atoms with E-state index in [-0.39, 0.29) is 5.91 Å². The molecule has 3 aromatic rings. The Labute approximate surface area is 133 Å². The highest BCUT2D eigenvalue weighted by molar-refractivity contribution is 5.94. The number of amides is 1. The van der Waals surface area contributed by atoms with Crippen molar-refractivity contribution >= 4 is 5.91 Å². The van der Waals surface area contributed by atoms with Crippen LogP contribution in [0.1, 0.15) is 27.3 Å². The number of benzene rings is 1. The smallest absolute Gasteiger partial charge is 0.251 e. The first kappa shape index (κ1) is 14.9. The van der Waals surface area contributed by atoms with E-state index < -0.39 is 0 Å². The average Bonchev–Trinajstić information content (AvgIpc) is 3.16. The number of carbonyl (C=O) groups is 1. The van der Waals surface area contributed by atoms with Crippen LogP contribution in [0.25, 0.3) is 5.69 Å². The summed E-state index contributed by atoms with van der Waals surface area (Å²) >= 11 is 0. The fraction of sp³-hybridized carbons (Fsp3) is 0.267. The molecule has 2 aromatic heterocycles. The van der Waals surface area contributed by atoms with Crippen molar-refractivity contribution in [2.75, 3.05) is 0 Å². The van der Waals surface area contributed by atoms with E-state index in [4.69, 9.17) is 0 Å². The van der Waals surface area contributed by atoms with E-state index in [1.165, 1.54) is 11.0 Å². The van der Waals surface area contributed by atoms with Crippen molar-refractivity contribution < 1.29 is 4.79 Å². The first-order chi connectivity index (χ1) is 11.1. The molecule has 0 aliphatic carbocycles. The van der Waals surface area contributed by atoms with Crippen LogP contribution < -0.4 is 5.32 Å². The van der Waals surface area contributed by atoms with Gasteiger partial charge in [0.2, 0.25) is 0 Å². The molecule has 0 saturated heterocycles. The minimum Gasteiger partial charge on any atom is -0.348 e. The minimum absolute atomic E-state index is 0.129. The molecule has 0 atom stereocenters. The molecule has 1 amide bonds. The molecule has 0 aliphatic rings. The third-order valence-electron chi connectivity index (χ3n) is 3.83. The van der Waals surface area contributed by atoms with Gasteiger partial charge in [-0.25, -0.2) is 4.68 Å². The lowest BCUT2D eigenvalue weighted by molar-refractivity contribution is 0.0951. The highest BCUT2D eigenvalue weighted by atomic mass is 16.1. The molecular formula is C15H17N7O. The number of nitrogens with one attached hydrogen (secondary N) is 1. The highest BCUT2D eigenvalue weighted by Gasteiger charge is 2.11. The minimum atomic E-state index is -0.129. The van der Waals surface area contributed by atoms with Crippen LogP contribution in [0.15, 0.2) is 30.6 Å². The fourth-order valence-corrected chi connectivity index (χ4v) is 2.39. The molecule has 0 spiro atoms. The monoisotopic (exact) mass is 311 g/mol. The van der Waals surface area contributed by atoms with Crippen molar-refractivity contribution in [3.05, 3.63) is 53.1 Å². The molecule has 23 heavy (non-hydrogen) atoms. The van der Waals surface area contributed by atoms with E-state index >= 15 is 0 Å². The summed E-state index contributed by atoms with van der Waals surface area (Å²) in [6, 6.07) is 7.09. The van der Waals surface area contributed by atoms with E-state index in [1.54, 1.807) is 24.3 Å². The number of carbonyl (C=O) groups excluding carboxylic acids is 1. The van der Waals surface area contributed by atoms with Crippen molar-refractivity contribution in [1.29, 1.82) is 0 Å². The summed E-state index contributed by atoms with van der Waals surface area (Å²) in [7, 11) is 1.89. The van der Waals surface area contributed by atoms with Crippen LogP contribution in [-0.4, -0.2) is 35.9 Å². The summed E-state index contributed by atoms with van der Waals surface area (Å²) in [6.45, 7) is 4.39. The third kappa shape index (κ3) is 2.96. The number of rotatable bonds is 4. The number of aryl methyl sites for hydroxylation is 2. The van der Waals surface area contributed by atoms with Gasteiger partial charge in [0, 0.05) is 30.4 Å². The second-order valence-electron chi connectivity index (χ2n) is 5.26. The van der Waals surface area contributed by atoms with Crippen LogP contribution in [0.2, 0.25) is 0 Å². The van der Waals surface area contributed by atoms with Gasteiger partial charge in [-0.1, -0.05) is 0 Å². The number of hydrogen-bond acceptors (Lipinski definition) is 5. The van der Waals surface area contributed by atoms with Crippen molar-refractivity contribution in [2.45, 2.75) is 20.4 Å². The summed E-state index contributed by atoms with van der Waals surface area (Å²) in [5.74, 6) is -0.129. The molecule has 0 fully saturated rings. The SMILES string of the molecule is Cc1nn(C)c(C)c1CNC(=O)c1ccc(-n2cnnn2)cc1. The van der Waals surface area contributed by atoms with Crippen LogP contribution >= 0.6 is 0 Å². The lowest BCUT2D eigenvalue weighted by Crippen LogP contribution is -2.23. The maximum atomic E-state index is 12.3. The molecule has 2 heterocycles. The Morgan fingerprint density at radius 1 is 1.22 bits per heavy atom. The number of tetrazole rings is 1. The predicted molar refractivity (Wildman–Crippen MR) is 83.0 cm³/mol. The molecule has 8 nitrogen and oxygen atoms in total. The van der Waals surface area contributed by atoms with Crippen LogP contribution in [0, 0.1) is 13.8 Å². The molecule has 1 N–H and O–H groups in total. The molecule has 0 radical (unpaired) electrons. The maximum absolute atomic E-state index is 12.3. The lowest BCUT2D eigenvalue weighted by Gasteiger charge is -2.07. The van der Waals surface area contributed by atoms with Crippen LogP contribution in [0.4, 0.5) is 0 Å². The topological polar surface area (TPSA) is 90.5 Å².